The summed E-state index contributed by atoms with van der Waals surface area (Å²) < 4.78 is 5.45. The number of hydrogen-bond donors (Lipinski definition) is 3. The summed E-state index contributed by atoms with van der Waals surface area (Å²) in [6.45, 7) is 15.2. The van der Waals surface area contributed by atoms with Crippen LogP contribution in [-0.4, -0.2) is 52.1 Å². The molecule has 8 heteroatoms. The van der Waals surface area contributed by atoms with E-state index in [0.717, 1.165) is 29.5 Å². The maximum Gasteiger partial charge on any atom is 0.408 e. The summed E-state index contributed by atoms with van der Waals surface area (Å²) >= 11 is 0. The van der Waals surface area contributed by atoms with E-state index in [4.69, 9.17) is 4.74 Å². The maximum absolute atomic E-state index is 14.2. The summed E-state index contributed by atoms with van der Waals surface area (Å²) in [6.07, 6.45) is 1.16. The van der Waals surface area contributed by atoms with Crippen LogP contribution in [-0.2, 0) is 20.7 Å². The third-order valence-corrected chi connectivity index (χ3v) is 6.22. The number of aromatic hydroxyl groups is 1. The summed E-state index contributed by atoms with van der Waals surface area (Å²) in [5.41, 5.74) is 2.67. The van der Waals surface area contributed by atoms with Gasteiger partial charge in [-0.2, -0.15) is 0 Å². The number of carbonyl (C=O) groups excluding carboxylic acids is 3. The average Bonchev–Trinajstić information content (AvgIpc) is 2.81. The molecule has 0 saturated heterocycles. The molecule has 0 fully saturated rings. The second-order valence-electron chi connectivity index (χ2n) is 11.2. The number of carbonyl (C=O) groups is 3. The molecule has 3 N–H and O–H groups in total. The summed E-state index contributed by atoms with van der Waals surface area (Å²) in [4.78, 5) is 42.2. The van der Waals surface area contributed by atoms with Crippen LogP contribution < -0.4 is 10.6 Å². The summed E-state index contributed by atoms with van der Waals surface area (Å²) in [7, 11) is 0. The van der Waals surface area contributed by atoms with E-state index in [2.05, 4.69) is 17.6 Å². The SMILES string of the molecule is CCCC(C)NC(=O)C(c1cc(C)cc(C)c1)N(CC)C(=O)C(Cc1ccc(O)cc1)NC(=O)OC(C)(C)C. The molecule has 0 aliphatic rings. The number of likely N-dealkylation sites (N-methyl/N-ethyl adjacent to an activating group) is 1. The highest BCUT2D eigenvalue weighted by Gasteiger charge is 2.36. The number of nitrogens with zero attached hydrogens (tertiary/aromatic N) is 1. The fourth-order valence-electron chi connectivity index (χ4n) is 4.65. The van der Waals surface area contributed by atoms with E-state index >= 15 is 0 Å². The Morgan fingerprint density at radius 1 is 0.974 bits per heavy atom. The van der Waals surface area contributed by atoms with E-state index in [9.17, 15) is 19.5 Å². The number of amides is 3. The smallest absolute Gasteiger partial charge is 0.408 e. The molecule has 8 nitrogen and oxygen atoms in total. The Hall–Kier alpha value is -3.55. The Morgan fingerprint density at radius 3 is 2.08 bits per heavy atom. The lowest BCUT2D eigenvalue weighted by Gasteiger charge is -2.34. The Morgan fingerprint density at radius 2 is 1.56 bits per heavy atom. The lowest BCUT2D eigenvalue weighted by Crippen LogP contribution is -2.54. The largest absolute Gasteiger partial charge is 0.508 e. The minimum atomic E-state index is -1.00. The first-order valence-corrected chi connectivity index (χ1v) is 13.7. The van der Waals surface area contributed by atoms with Crippen molar-refractivity contribution in [2.45, 2.75) is 98.4 Å². The molecule has 3 atom stereocenters. The Labute approximate surface area is 233 Å². The summed E-state index contributed by atoms with van der Waals surface area (Å²) in [6, 6.07) is 10.4. The van der Waals surface area contributed by atoms with Crippen LogP contribution in [0.25, 0.3) is 0 Å². The standard InChI is InChI=1S/C31H45N3O5/c1-9-11-22(5)32-28(36)27(24-17-20(3)16-21(4)18-24)34(10-2)29(37)26(33-30(38)39-31(6,7)8)19-23-12-14-25(35)15-13-23/h12-18,22,26-27,35H,9-11,19H2,1-8H3,(H,32,36)(H,33,38). The van der Waals surface area contributed by atoms with Crippen LogP contribution in [0.15, 0.2) is 42.5 Å². The molecule has 0 spiro atoms. The van der Waals surface area contributed by atoms with Gasteiger partial charge in [0.2, 0.25) is 11.8 Å². The van der Waals surface area contributed by atoms with Crippen molar-refractivity contribution in [3.63, 3.8) is 0 Å². The van der Waals surface area contributed by atoms with Crippen LogP contribution in [0.4, 0.5) is 4.79 Å². The van der Waals surface area contributed by atoms with Crippen molar-refractivity contribution >= 4 is 17.9 Å². The van der Waals surface area contributed by atoms with Crippen LogP contribution in [0.5, 0.6) is 5.75 Å². The van der Waals surface area contributed by atoms with Crippen LogP contribution in [0.2, 0.25) is 0 Å². The number of aryl methyl sites for hydroxylation is 2. The lowest BCUT2D eigenvalue weighted by atomic mass is 9.97. The van der Waals surface area contributed by atoms with Crippen molar-refractivity contribution in [2.75, 3.05) is 6.54 Å². The van der Waals surface area contributed by atoms with Crippen LogP contribution in [0.3, 0.4) is 0 Å². The van der Waals surface area contributed by atoms with E-state index in [1.165, 1.54) is 17.0 Å². The number of hydrogen-bond acceptors (Lipinski definition) is 5. The molecule has 0 radical (unpaired) electrons. The minimum absolute atomic E-state index is 0.0580. The topological polar surface area (TPSA) is 108 Å². The number of rotatable bonds is 11. The van der Waals surface area contributed by atoms with Crippen LogP contribution in [0.1, 0.15) is 82.7 Å². The number of benzene rings is 2. The molecule has 2 aromatic carbocycles. The van der Waals surface area contributed by atoms with Gasteiger partial charge in [-0.05, 0) is 78.1 Å². The predicted molar refractivity (Wildman–Crippen MR) is 154 cm³/mol. The molecule has 0 bridgehead atoms. The van der Waals surface area contributed by atoms with Gasteiger partial charge in [-0.15, -0.1) is 0 Å². The van der Waals surface area contributed by atoms with Gasteiger partial charge in [0, 0.05) is 19.0 Å². The molecule has 39 heavy (non-hydrogen) atoms. The highest BCUT2D eigenvalue weighted by atomic mass is 16.6. The summed E-state index contributed by atoms with van der Waals surface area (Å²) in [5.74, 6) is -0.569. The van der Waals surface area contributed by atoms with Gasteiger partial charge in [-0.25, -0.2) is 4.79 Å². The Bertz CT molecular complexity index is 1100. The third kappa shape index (κ3) is 9.93. The van der Waals surface area contributed by atoms with Gasteiger partial charge in [-0.1, -0.05) is 54.8 Å². The van der Waals surface area contributed by atoms with Crippen LogP contribution in [0, 0.1) is 13.8 Å². The lowest BCUT2D eigenvalue weighted by molar-refractivity contribution is -0.142. The van der Waals surface area contributed by atoms with Gasteiger partial charge < -0.3 is 25.4 Å². The van der Waals surface area contributed by atoms with E-state index in [1.807, 2.05) is 45.9 Å². The summed E-state index contributed by atoms with van der Waals surface area (Å²) in [5, 5.41) is 15.5. The van der Waals surface area contributed by atoms with Crippen molar-refractivity contribution in [1.82, 2.24) is 15.5 Å². The molecule has 0 heterocycles. The van der Waals surface area contributed by atoms with Gasteiger partial charge in [0.15, 0.2) is 0 Å². The molecule has 0 saturated carbocycles. The highest BCUT2D eigenvalue weighted by Crippen LogP contribution is 2.26. The molecule has 0 aromatic heterocycles. The van der Waals surface area contributed by atoms with E-state index in [1.54, 1.807) is 32.9 Å². The minimum Gasteiger partial charge on any atom is -0.508 e. The molecular weight excluding hydrogens is 494 g/mol. The zero-order valence-electron chi connectivity index (χ0n) is 24.6. The molecular formula is C31H45N3O5. The number of ether oxygens (including phenoxy) is 1. The number of nitrogens with one attached hydrogen (secondary N) is 2. The molecule has 3 unspecified atom stereocenters. The first-order valence-electron chi connectivity index (χ1n) is 13.7. The fourth-order valence-corrected chi connectivity index (χ4v) is 4.65. The molecule has 2 aromatic rings. The maximum atomic E-state index is 14.2. The number of alkyl carbamates (subject to hydrolysis) is 1. The Balaban J connectivity index is 2.52. The van der Waals surface area contributed by atoms with Crippen molar-refractivity contribution in [1.29, 1.82) is 0 Å². The second kappa shape index (κ2) is 14.0. The quantitative estimate of drug-likeness (QED) is 0.357. The van der Waals surface area contributed by atoms with Gasteiger partial charge >= 0.3 is 6.09 Å². The first kappa shape index (κ1) is 31.7. The van der Waals surface area contributed by atoms with Gasteiger partial charge in [0.1, 0.15) is 23.4 Å². The fraction of sp³-hybridized carbons (Fsp3) is 0.516. The first-order chi connectivity index (χ1) is 18.2. The van der Waals surface area contributed by atoms with Gasteiger partial charge in [0.05, 0.1) is 0 Å². The zero-order valence-corrected chi connectivity index (χ0v) is 24.6. The number of phenolic OH excluding ortho intramolecular Hbond substituents is 1. The predicted octanol–water partition coefficient (Wildman–Crippen LogP) is 5.34. The van der Waals surface area contributed by atoms with Crippen LogP contribution >= 0.6 is 0 Å². The second-order valence-corrected chi connectivity index (χ2v) is 11.2. The van der Waals surface area contributed by atoms with Crippen molar-refractivity contribution in [2.24, 2.45) is 0 Å². The molecule has 214 valence electrons. The van der Waals surface area contributed by atoms with Gasteiger partial charge in [0.25, 0.3) is 0 Å². The average molecular weight is 540 g/mol. The van der Waals surface area contributed by atoms with E-state index in [0.29, 0.717) is 5.56 Å². The van der Waals surface area contributed by atoms with Crippen molar-refractivity contribution in [3.8, 4) is 5.75 Å². The van der Waals surface area contributed by atoms with Crippen molar-refractivity contribution < 1.29 is 24.2 Å². The van der Waals surface area contributed by atoms with Crippen molar-refractivity contribution in [3.05, 3.63) is 64.7 Å². The molecule has 0 aliphatic heterocycles. The molecule has 3 amide bonds. The normalized spacial score (nSPS) is 13.6. The number of phenols is 1. The van der Waals surface area contributed by atoms with E-state index < -0.39 is 29.7 Å². The zero-order chi connectivity index (χ0) is 29.3. The monoisotopic (exact) mass is 539 g/mol. The Kier molecular flexibility index (Phi) is 11.4. The highest BCUT2D eigenvalue weighted by molar-refractivity contribution is 5.92. The van der Waals surface area contributed by atoms with Gasteiger partial charge in [-0.3, -0.25) is 9.59 Å². The molecule has 0 aliphatic carbocycles. The van der Waals surface area contributed by atoms with E-state index in [-0.39, 0.29) is 30.7 Å². The third-order valence-electron chi connectivity index (χ3n) is 6.22. The molecule has 2 rings (SSSR count).